The number of hydrogen-bond donors (Lipinski definition) is 1. The highest BCUT2D eigenvalue weighted by Crippen LogP contribution is 2.23. The van der Waals surface area contributed by atoms with E-state index in [1.807, 2.05) is 0 Å². The van der Waals surface area contributed by atoms with Crippen molar-refractivity contribution in [3.05, 3.63) is 22.7 Å². The van der Waals surface area contributed by atoms with Crippen molar-refractivity contribution in [3.8, 4) is 0 Å². The molecule has 0 radical (unpaired) electrons. The van der Waals surface area contributed by atoms with Crippen LogP contribution in [0.3, 0.4) is 0 Å². The van der Waals surface area contributed by atoms with Crippen LogP contribution in [-0.4, -0.2) is 29.4 Å². The Morgan fingerprint density at radius 2 is 2.53 bits per heavy atom. The third kappa shape index (κ3) is 2.00. The maximum absolute atomic E-state index is 11.5. The van der Waals surface area contributed by atoms with E-state index in [0.29, 0.717) is 13.0 Å². The average molecular weight is 211 g/mol. The van der Waals surface area contributed by atoms with Crippen molar-refractivity contribution in [2.24, 2.45) is 0 Å². The second-order valence-electron chi connectivity index (χ2n) is 3.42. The van der Waals surface area contributed by atoms with Gasteiger partial charge in [0.25, 0.3) is 0 Å². The average Bonchev–Trinajstić information content (AvgIpc) is 2.66. The number of nitrogens with two attached hydrogens (primary N) is 1. The summed E-state index contributed by atoms with van der Waals surface area (Å²) >= 11 is 0. The maximum Gasteiger partial charge on any atom is 0.351 e. The zero-order chi connectivity index (χ0) is 10.8. The number of anilines is 1. The lowest BCUT2D eigenvalue weighted by Gasteiger charge is -2.11. The molecule has 0 unspecified atom stereocenters. The van der Waals surface area contributed by atoms with Crippen molar-refractivity contribution in [2.45, 2.75) is 18.8 Å². The number of ether oxygens (including phenoxy) is 2. The SMILES string of the molecule is CO[C@H]1CO[C@@H](n2ccc(N)nc2=O)C1. The molecule has 0 saturated carbocycles. The molecule has 0 bridgehead atoms. The molecule has 1 aromatic heterocycles. The Morgan fingerprint density at radius 1 is 1.73 bits per heavy atom. The Bertz CT molecular complexity index is 404. The summed E-state index contributed by atoms with van der Waals surface area (Å²) < 4.78 is 12.0. The molecule has 0 amide bonds. The quantitative estimate of drug-likeness (QED) is 0.730. The van der Waals surface area contributed by atoms with E-state index in [1.165, 1.54) is 4.57 Å². The van der Waals surface area contributed by atoms with Crippen LogP contribution in [0.2, 0.25) is 0 Å². The Balaban J connectivity index is 2.20. The van der Waals surface area contributed by atoms with Crippen LogP contribution < -0.4 is 11.4 Å². The number of nitrogens with zero attached hydrogens (tertiary/aromatic N) is 2. The van der Waals surface area contributed by atoms with Gasteiger partial charge in [-0.1, -0.05) is 0 Å². The van der Waals surface area contributed by atoms with Gasteiger partial charge < -0.3 is 15.2 Å². The molecule has 1 aliphatic heterocycles. The minimum atomic E-state index is -0.392. The van der Waals surface area contributed by atoms with E-state index in [9.17, 15) is 4.79 Å². The van der Waals surface area contributed by atoms with E-state index in [4.69, 9.17) is 15.2 Å². The highest BCUT2D eigenvalue weighted by Gasteiger charge is 2.27. The van der Waals surface area contributed by atoms with Crippen molar-refractivity contribution in [3.63, 3.8) is 0 Å². The summed E-state index contributed by atoms with van der Waals surface area (Å²) in [5.74, 6) is 0.220. The van der Waals surface area contributed by atoms with E-state index < -0.39 is 5.69 Å². The molecule has 82 valence electrons. The molecule has 2 atom stereocenters. The van der Waals surface area contributed by atoms with Crippen molar-refractivity contribution in [1.29, 1.82) is 0 Å². The van der Waals surface area contributed by atoms with E-state index in [1.54, 1.807) is 19.4 Å². The second kappa shape index (κ2) is 4.00. The minimum Gasteiger partial charge on any atom is -0.383 e. The van der Waals surface area contributed by atoms with Crippen LogP contribution in [0, 0.1) is 0 Å². The predicted molar refractivity (Wildman–Crippen MR) is 53.3 cm³/mol. The first-order valence-electron chi connectivity index (χ1n) is 4.70. The van der Waals surface area contributed by atoms with Crippen molar-refractivity contribution in [1.82, 2.24) is 9.55 Å². The summed E-state index contributed by atoms with van der Waals surface area (Å²) in [6.07, 6.45) is 1.99. The van der Waals surface area contributed by atoms with E-state index in [-0.39, 0.29) is 18.1 Å². The molecule has 1 aromatic rings. The predicted octanol–water partition coefficient (Wildman–Crippen LogP) is -0.241. The molecule has 0 aliphatic carbocycles. The third-order valence-corrected chi connectivity index (χ3v) is 2.43. The molecule has 1 aliphatic rings. The molecule has 1 saturated heterocycles. The molecular weight excluding hydrogens is 198 g/mol. The first kappa shape index (κ1) is 10.1. The fourth-order valence-electron chi connectivity index (χ4n) is 1.58. The fourth-order valence-corrected chi connectivity index (χ4v) is 1.58. The Hall–Kier alpha value is -1.40. The van der Waals surface area contributed by atoms with Gasteiger partial charge in [-0.3, -0.25) is 4.57 Å². The van der Waals surface area contributed by atoms with Gasteiger partial charge in [-0.25, -0.2) is 4.79 Å². The molecule has 0 spiro atoms. The lowest BCUT2D eigenvalue weighted by atomic mass is 10.3. The lowest BCUT2D eigenvalue weighted by molar-refractivity contribution is 0.0381. The number of hydrogen-bond acceptors (Lipinski definition) is 5. The molecular formula is C9H13N3O3. The van der Waals surface area contributed by atoms with Crippen LogP contribution in [0.1, 0.15) is 12.6 Å². The Labute approximate surface area is 86.6 Å². The van der Waals surface area contributed by atoms with Crippen LogP contribution in [0.5, 0.6) is 0 Å². The van der Waals surface area contributed by atoms with Crippen LogP contribution >= 0.6 is 0 Å². The van der Waals surface area contributed by atoms with E-state index in [2.05, 4.69) is 4.98 Å². The molecule has 2 heterocycles. The monoisotopic (exact) mass is 211 g/mol. The summed E-state index contributed by atoms with van der Waals surface area (Å²) in [6.45, 7) is 0.498. The van der Waals surface area contributed by atoms with Crippen molar-refractivity contribution >= 4 is 5.82 Å². The standard InChI is InChI=1S/C9H13N3O3/c1-14-6-4-8(15-5-6)12-3-2-7(10)11-9(12)13/h2-3,6,8H,4-5H2,1H3,(H2,10,11,13)/t6-,8-/m1/s1. The molecule has 6 heteroatoms. The zero-order valence-corrected chi connectivity index (χ0v) is 8.42. The summed E-state index contributed by atoms with van der Waals surface area (Å²) in [6, 6.07) is 1.57. The van der Waals surface area contributed by atoms with Crippen LogP contribution in [-0.2, 0) is 9.47 Å². The fraction of sp³-hybridized carbons (Fsp3) is 0.556. The zero-order valence-electron chi connectivity index (χ0n) is 8.42. The van der Waals surface area contributed by atoms with Crippen molar-refractivity contribution < 1.29 is 9.47 Å². The molecule has 15 heavy (non-hydrogen) atoms. The number of rotatable bonds is 2. The van der Waals surface area contributed by atoms with Gasteiger partial charge in [-0.05, 0) is 6.07 Å². The van der Waals surface area contributed by atoms with Crippen molar-refractivity contribution in [2.75, 3.05) is 19.5 Å². The van der Waals surface area contributed by atoms with Gasteiger partial charge in [0, 0.05) is 19.7 Å². The molecule has 0 aromatic carbocycles. The van der Waals surface area contributed by atoms with Gasteiger partial charge in [0.2, 0.25) is 0 Å². The highest BCUT2D eigenvalue weighted by molar-refractivity contribution is 5.23. The van der Waals surface area contributed by atoms with E-state index in [0.717, 1.165) is 0 Å². The van der Waals surface area contributed by atoms with Crippen LogP contribution in [0.25, 0.3) is 0 Å². The van der Waals surface area contributed by atoms with E-state index >= 15 is 0 Å². The molecule has 6 nitrogen and oxygen atoms in total. The van der Waals surface area contributed by atoms with Gasteiger partial charge in [-0.2, -0.15) is 4.98 Å². The van der Waals surface area contributed by atoms with Gasteiger partial charge in [0.1, 0.15) is 12.0 Å². The highest BCUT2D eigenvalue weighted by atomic mass is 16.6. The topological polar surface area (TPSA) is 79.4 Å². The third-order valence-electron chi connectivity index (χ3n) is 2.43. The first-order valence-corrected chi connectivity index (χ1v) is 4.70. The molecule has 2 N–H and O–H groups in total. The van der Waals surface area contributed by atoms with Crippen LogP contribution in [0.4, 0.5) is 5.82 Å². The number of aromatic nitrogens is 2. The molecule has 1 fully saturated rings. The van der Waals surface area contributed by atoms with Gasteiger partial charge >= 0.3 is 5.69 Å². The Kier molecular flexibility index (Phi) is 2.70. The summed E-state index contributed by atoms with van der Waals surface area (Å²) in [4.78, 5) is 15.1. The second-order valence-corrected chi connectivity index (χ2v) is 3.42. The van der Waals surface area contributed by atoms with Gasteiger partial charge in [0.15, 0.2) is 0 Å². The normalized spacial score (nSPS) is 25.7. The lowest BCUT2D eigenvalue weighted by Crippen LogP contribution is -2.27. The summed E-state index contributed by atoms with van der Waals surface area (Å²) in [5, 5.41) is 0. The largest absolute Gasteiger partial charge is 0.383 e. The van der Waals surface area contributed by atoms with Gasteiger partial charge in [-0.15, -0.1) is 0 Å². The first-order chi connectivity index (χ1) is 7.20. The number of nitrogen functional groups attached to an aromatic ring is 1. The maximum atomic E-state index is 11.5. The van der Waals surface area contributed by atoms with Gasteiger partial charge in [0.05, 0.1) is 12.7 Å². The molecule has 2 rings (SSSR count). The Morgan fingerprint density at radius 3 is 3.13 bits per heavy atom. The number of methoxy groups -OCH3 is 1. The van der Waals surface area contributed by atoms with Crippen LogP contribution in [0.15, 0.2) is 17.1 Å². The minimum absolute atomic E-state index is 0.0412. The summed E-state index contributed by atoms with van der Waals surface area (Å²) in [7, 11) is 1.63. The summed E-state index contributed by atoms with van der Waals surface area (Å²) in [5.41, 5.74) is 5.00. The smallest absolute Gasteiger partial charge is 0.351 e.